The molecule has 4 rings (SSSR count). The molecule has 11 heteroatoms. The summed E-state index contributed by atoms with van der Waals surface area (Å²) in [7, 11) is 3.12. The van der Waals surface area contributed by atoms with Crippen molar-refractivity contribution in [1.29, 1.82) is 0 Å². The lowest BCUT2D eigenvalue weighted by Crippen LogP contribution is -2.03. The minimum Gasteiger partial charge on any atom is -0.493 e. The van der Waals surface area contributed by atoms with Gasteiger partial charge in [0.15, 0.2) is 23.1 Å². The largest absolute Gasteiger partial charge is 0.493 e. The minimum atomic E-state index is -0.347. The second-order valence-corrected chi connectivity index (χ2v) is 5.95. The Bertz CT molecular complexity index is 1190. The Morgan fingerprint density at radius 1 is 0.933 bits per heavy atom. The van der Waals surface area contributed by atoms with Gasteiger partial charge in [0.2, 0.25) is 11.3 Å². The molecule has 0 fully saturated rings. The van der Waals surface area contributed by atoms with Crippen LogP contribution < -0.4 is 20.2 Å². The van der Waals surface area contributed by atoms with Gasteiger partial charge in [0.05, 0.1) is 20.4 Å². The van der Waals surface area contributed by atoms with E-state index >= 15 is 0 Å². The van der Waals surface area contributed by atoms with Gasteiger partial charge in [-0.3, -0.25) is 5.43 Å². The van der Waals surface area contributed by atoms with E-state index in [9.17, 15) is 4.39 Å². The van der Waals surface area contributed by atoms with E-state index in [1.807, 2.05) is 6.07 Å². The number of rotatable bonds is 7. The quantitative estimate of drug-likeness (QED) is 0.350. The first-order valence-electron chi connectivity index (χ1n) is 8.70. The smallest absolute Gasteiger partial charge is 0.245 e. The average Bonchev–Trinajstić information content (AvgIpc) is 3.22. The SMILES string of the molecule is COc1ccc(/C=N/Nc2nc3nonc3nc2Nc2ccc(F)cc2)cc1OC. The molecular formula is C19H16FN7O3. The molecule has 0 aliphatic heterocycles. The Balaban J connectivity index is 1.59. The molecule has 2 aromatic heterocycles. The molecule has 0 aliphatic carbocycles. The summed E-state index contributed by atoms with van der Waals surface area (Å²) in [4.78, 5) is 8.63. The maximum Gasteiger partial charge on any atom is 0.245 e. The van der Waals surface area contributed by atoms with Crippen LogP contribution in [0, 0.1) is 5.82 Å². The van der Waals surface area contributed by atoms with Crippen molar-refractivity contribution in [1.82, 2.24) is 20.3 Å². The third-order valence-corrected chi connectivity index (χ3v) is 4.01. The summed E-state index contributed by atoms with van der Waals surface area (Å²) in [5.74, 6) is 1.44. The maximum absolute atomic E-state index is 13.2. The number of anilines is 3. The van der Waals surface area contributed by atoms with Gasteiger partial charge in [-0.25, -0.2) is 14.0 Å². The van der Waals surface area contributed by atoms with Crippen molar-refractivity contribution in [3.8, 4) is 11.5 Å². The Morgan fingerprint density at radius 3 is 2.33 bits per heavy atom. The summed E-state index contributed by atoms with van der Waals surface area (Å²) in [6.07, 6.45) is 1.58. The monoisotopic (exact) mass is 409 g/mol. The number of nitrogens with one attached hydrogen (secondary N) is 2. The van der Waals surface area contributed by atoms with E-state index in [2.05, 4.69) is 40.8 Å². The van der Waals surface area contributed by atoms with Gasteiger partial charge >= 0.3 is 0 Å². The van der Waals surface area contributed by atoms with Gasteiger partial charge in [0.25, 0.3) is 0 Å². The second kappa shape index (κ2) is 8.39. The molecule has 0 bridgehead atoms. The molecule has 0 unspecified atom stereocenters. The van der Waals surface area contributed by atoms with Gasteiger partial charge in [-0.15, -0.1) is 0 Å². The third-order valence-electron chi connectivity index (χ3n) is 4.01. The fourth-order valence-corrected chi connectivity index (χ4v) is 2.57. The maximum atomic E-state index is 13.2. The van der Waals surface area contributed by atoms with Crippen molar-refractivity contribution in [2.24, 2.45) is 5.10 Å². The van der Waals surface area contributed by atoms with Crippen LogP contribution in [0.15, 0.2) is 52.2 Å². The molecule has 2 aromatic carbocycles. The summed E-state index contributed by atoms with van der Waals surface area (Å²) in [6.45, 7) is 0. The predicted molar refractivity (Wildman–Crippen MR) is 108 cm³/mol. The highest BCUT2D eigenvalue weighted by Gasteiger charge is 2.13. The molecule has 30 heavy (non-hydrogen) atoms. The second-order valence-electron chi connectivity index (χ2n) is 5.95. The highest BCUT2D eigenvalue weighted by molar-refractivity contribution is 5.82. The van der Waals surface area contributed by atoms with Crippen molar-refractivity contribution in [3.05, 3.63) is 53.8 Å². The number of halogens is 1. The van der Waals surface area contributed by atoms with Crippen LogP contribution in [0.5, 0.6) is 11.5 Å². The van der Waals surface area contributed by atoms with Crippen LogP contribution in [0.25, 0.3) is 11.3 Å². The zero-order chi connectivity index (χ0) is 20.9. The van der Waals surface area contributed by atoms with Gasteiger partial charge in [0, 0.05) is 5.69 Å². The zero-order valence-corrected chi connectivity index (χ0v) is 16.0. The molecule has 4 aromatic rings. The van der Waals surface area contributed by atoms with Crippen molar-refractivity contribution < 1.29 is 18.5 Å². The molecule has 0 saturated carbocycles. The number of methoxy groups -OCH3 is 2. The summed E-state index contributed by atoms with van der Waals surface area (Å²) >= 11 is 0. The zero-order valence-electron chi connectivity index (χ0n) is 16.0. The number of hydrogen-bond acceptors (Lipinski definition) is 10. The highest BCUT2D eigenvalue weighted by Crippen LogP contribution is 2.27. The lowest BCUT2D eigenvalue weighted by atomic mass is 10.2. The topological polar surface area (TPSA) is 120 Å². The van der Waals surface area contributed by atoms with Crippen LogP contribution in [0.2, 0.25) is 0 Å². The lowest BCUT2D eigenvalue weighted by molar-refractivity contribution is 0.314. The number of hydrogen-bond donors (Lipinski definition) is 2. The highest BCUT2D eigenvalue weighted by atomic mass is 19.1. The Kier molecular flexibility index (Phi) is 5.33. The first kappa shape index (κ1) is 19.1. The van der Waals surface area contributed by atoms with E-state index in [1.54, 1.807) is 44.7 Å². The van der Waals surface area contributed by atoms with E-state index in [0.29, 0.717) is 23.0 Å². The third kappa shape index (κ3) is 4.09. The summed E-state index contributed by atoms with van der Waals surface area (Å²) in [6, 6.07) is 11.2. The van der Waals surface area contributed by atoms with Gasteiger partial charge in [-0.1, -0.05) is 0 Å². The average molecular weight is 409 g/mol. The summed E-state index contributed by atoms with van der Waals surface area (Å²) < 4.78 is 28.3. The number of nitrogens with zero attached hydrogens (tertiary/aromatic N) is 5. The molecule has 0 amide bonds. The normalized spacial score (nSPS) is 11.0. The molecule has 0 radical (unpaired) electrons. The number of benzene rings is 2. The van der Waals surface area contributed by atoms with Crippen LogP contribution >= 0.6 is 0 Å². The molecule has 0 atom stereocenters. The molecule has 10 nitrogen and oxygen atoms in total. The van der Waals surface area contributed by atoms with E-state index in [0.717, 1.165) is 5.56 Å². The van der Waals surface area contributed by atoms with Crippen molar-refractivity contribution in [2.45, 2.75) is 0 Å². The number of aromatic nitrogens is 4. The molecule has 0 spiro atoms. The van der Waals surface area contributed by atoms with E-state index < -0.39 is 0 Å². The van der Waals surface area contributed by atoms with Crippen LogP contribution in [0.4, 0.5) is 21.7 Å². The standard InChI is InChI=1S/C19H16FN7O3/c1-28-14-8-3-11(9-15(14)29-2)10-21-25-17-16(22-13-6-4-12(20)5-7-13)23-18-19(24-17)27-30-26-18/h3-10H,1-2H3,(H,22,23,26)(H,24,25,27)/b21-10+. The van der Waals surface area contributed by atoms with Crippen molar-refractivity contribution in [3.63, 3.8) is 0 Å². The molecule has 0 saturated heterocycles. The van der Waals surface area contributed by atoms with Crippen LogP contribution in [-0.2, 0) is 0 Å². The van der Waals surface area contributed by atoms with E-state index in [-0.39, 0.29) is 22.9 Å². The van der Waals surface area contributed by atoms with Gasteiger partial charge in [-0.05, 0) is 58.3 Å². The number of hydrazone groups is 1. The molecule has 2 N–H and O–H groups in total. The van der Waals surface area contributed by atoms with Crippen molar-refractivity contribution in [2.75, 3.05) is 25.0 Å². The summed E-state index contributed by atoms with van der Waals surface area (Å²) in [5, 5.41) is 14.6. The molecule has 2 heterocycles. The fourth-order valence-electron chi connectivity index (χ4n) is 2.57. The van der Waals surface area contributed by atoms with E-state index in [4.69, 9.17) is 9.47 Å². The Labute approximate surface area is 169 Å². The van der Waals surface area contributed by atoms with Gasteiger partial charge in [-0.2, -0.15) is 10.1 Å². The first-order chi connectivity index (χ1) is 14.7. The van der Waals surface area contributed by atoms with E-state index in [1.165, 1.54) is 12.1 Å². The molecular weight excluding hydrogens is 393 g/mol. The number of fused-ring (bicyclic) bond motifs is 1. The van der Waals surface area contributed by atoms with Gasteiger partial charge < -0.3 is 14.8 Å². The molecule has 152 valence electrons. The molecule has 0 aliphatic rings. The summed E-state index contributed by atoms with van der Waals surface area (Å²) in [5.41, 5.74) is 4.62. The Hall–Kier alpha value is -4.28. The fraction of sp³-hybridized carbons (Fsp3) is 0.105. The predicted octanol–water partition coefficient (Wildman–Crippen LogP) is 3.36. The first-order valence-corrected chi connectivity index (χ1v) is 8.70. The lowest BCUT2D eigenvalue weighted by Gasteiger charge is -2.09. The minimum absolute atomic E-state index is 0.212. The van der Waals surface area contributed by atoms with Crippen LogP contribution in [0.1, 0.15) is 5.56 Å². The van der Waals surface area contributed by atoms with Crippen LogP contribution in [-0.4, -0.2) is 40.7 Å². The van der Waals surface area contributed by atoms with Crippen LogP contribution in [0.3, 0.4) is 0 Å². The number of ether oxygens (including phenoxy) is 2. The van der Waals surface area contributed by atoms with Crippen molar-refractivity contribution >= 4 is 34.8 Å². The Morgan fingerprint density at radius 2 is 1.63 bits per heavy atom. The van der Waals surface area contributed by atoms with Gasteiger partial charge in [0.1, 0.15) is 5.82 Å².